The van der Waals surface area contributed by atoms with Crippen LogP contribution in [0.1, 0.15) is 53.4 Å². The van der Waals surface area contributed by atoms with Crippen LogP contribution in [0.4, 0.5) is 0 Å². The predicted molar refractivity (Wildman–Crippen MR) is 195 cm³/mol. The minimum absolute atomic E-state index is 0.225. The van der Waals surface area contributed by atoms with Crippen LogP contribution < -0.4 is 15.4 Å². The van der Waals surface area contributed by atoms with E-state index in [1.54, 1.807) is 19.2 Å². The van der Waals surface area contributed by atoms with E-state index in [0.717, 1.165) is 38.9 Å². The second-order valence-corrected chi connectivity index (χ2v) is 12.6. The Morgan fingerprint density at radius 2 is 1.49 bits per heavy atom. The third-order valence-electron chi connectivity index (χ3n) is 8.93. The van der Waals surface area contributed by atoms with E-state index in [1.165, 1.54) is 0 Å². The number of carbonyl (C=O) groups is 3. The number of methoxy groups -OCH3 is 1. The first kappa shape index (κ1) is 36.8. The lowest BCUT2D eigenvalue weighted by Gasteiger charge is -2.22. The Balaban J connectivity index is 1.20. The summed E-state index contributed by atoms with van der Waals surface area (Å²) in [4.78, 5) is 42.2. The van der Waals surface area contributed by atoms with Crippen LogP contribution in [0, 0.1) is 5.92 Å². The first-order valence-corrected chi connectivity index (χ1v) is 17.2. The van der Waals surface area contributed by atoms with Crippen molar-refractivity contribution < 1.29 is 34.1 Å². The van der Waals surface area contributed by atoms with Gasteiger partial charge in [0.1, 0.15) is 11.8 Å². The maximum Gasteiger partial charge on any atom is 0.304 e. The number of aliphatic hydroxyl groups excluding tert-OH is 1. The smallest absolute Gasteiger partial charge is 0.304 e. The van der Waals surface area contributed by atoms with Gasteiger partial charge in [-0.1, -0.05) is 84.9 Å². The van der Waals surface area contributed by atoms with Crippen LogP contribution >= 0.6 is 0 Å². The summed E-state index contributed by atoms with van der Waals surface area (Å²) in [5, 5.41) is 26.9. The number of aliphatic hydroxyl groups is 1. The van der Waals surface area contributed by atoms with E-state index in [0.29, 0.717) is 37.8 Å². The van der Waals surface area contributed by atoms with Gasteiger partial charge in [-0.3, -0.25) is 14.4 Å². The maximum atomic E-state index is 13.6. The number of benzene rings is 4. The highest BCUT2D eigenvalue weighted by Crippen LogP contribution is 2.22. The summed E-state index contributed by atoms with van der Waals surface area (Å²) in [5.41, 5.74) is 5.38. The third kappa shape index (κ3) is 11.0. The molecule has 0 saturated heterocycles. The minimum Gasteiger partial charge on any atom is -0.497 e. The van der Waals surface area contributed by atoms with Crippen LogP contribution in [-0.2, 0) is 45.0 Å². The summed E-state index contributed by atoms with van der Waals surface area (Å²) >= 11 is 0. The lowest BCUT2D eigenvalue weighted by atomic mass is 9.94. The Morgan fingerprint density at radius 1 is 0.804 bits per heavy atom. The molecule has 4 aromatic carbocycles. The molecule has 1 heterocycles. The van der Waals surface area contributed by atoms with E-state index >= 15 is 0 Å². The number of H-pyrrole nitrogens is 1. The molecule has 5 aromatic rings. The van der Waals surface area contributed by atoms with Gasteiger partial charge in [0.05, 0.1) is 20.1 Å². The lowest BCUT2D eigenvalue weighted by molar-refractivity contribution is -0.141. The Hall–Kier alpha value is -5.45. The molecule has 10 nitrogen and oxygen atoms in total. The number of carboxylic acid groups (broad SMARTS) is 1. The standard InChI is InChI=1S/C41H45N3O7/c1-50-34-20-16-28(17-21-34)10-7-11-32(25-38(45)46)39(47)44-37(24-33-26-43-36-13-6-5-12-35(33)36)40(48)42-23-22-29-14-18-31(19-15-29)41(49)51-27-30-8-3-2-4-9-30/h2-6,8-9,12-21,26,32,37,41,43,49H,7,10-11,22-25,27H2,1H3,(H,42,48)(H,44,47)(H,45,46)/t32-,37+,41?/m1/s1. The fraction of sp³-hybridized carbons (Fsp3) is 0.293. The number of para-hydroxylation sites is 1. The molecule has 0 aliphatic heterocycles. The molecular formula is C41H45N3O7. The van der Waals surface area contributed by atoms with Crippen molar-refractivity contribution in [2.24, 2.45) is 5.92 Å². The number of aliphatic carboxylic acids is 1. The fourth-order valence-corrected chi connectivity index (χ4v) is 6.05. The highest BCUT2D eigenvalue weighted by atomic mass is 16.6. The Labute approximate surface area is 297 Å². The van der Waals surface area contributed by atoms with Gasteiger partial charge in [-0.15, -0.1) is 0 Å². The summed E-state index contributed by atoms with van der Waals surface area (Å²) in [5.74, 6) is -1.94. The molecule has 0 saturated carbocycles. The summed E-state index contributed by atoms with van der Waals surface area (Å²) in [6.07, 6.45) is 2.81. The zero-order valence-electron chi connectivity index (χ0n) is 28.7. The van der Waals surface area contributed by atoms with Crippen molar-refractivity contribution in [1.29, 1.82) is 0 Å². The maximum absolute atomic E-state index is 13.6. The topological polar surface area (TPSA) is 150 Å². The molecule has 0 spiro atoms. The molecule has 0 radical (unpaired) electrons. The number of carbonyl (C=O) groups excluding carboxylic acids is 2. The number of ether oxygens (including phenoxy) is 2. The van der Waals surface area contributed by atoms with E-state index in [-0.39, 0.29) is 25.4 Å². The number of hydrogen-bond acceptors (Lipinski definition) is 6. The number of rotatable bonds is 19. The molecule has 1 aromatic heterocycles. The van der Waals surface area contributed by atoms with Crippen molar-refractivity contribution in [1.82, 2.24) is 15.6 Å². The molecule has 5 rings (SSSR count). The second-order valence-electron chi connectivity index (χ2n) is 12.6. The third-order valence-corrected chi connectivity index (χ3v) is 8.93. The SMILES string of the molecule is COc1ccc(CCC[C@H](CC(=O)O)C(=O)N[C@@H](Cc2c[nH]c3ccccc23)C(=O)NCCc2ccc(C(O)OCc3ccccc3)cc2)cc1. The number of hydrogen-bond donors (Lipinski definition) is 5. The second kappa shape index (κ2) is 18.5. The van der Waals surface area contributed by atoms with Crippen LogP contribution in [0.15, 0.2) is 109 Å². The van der Waals surface area contributed by atoms with Gasteiger partial charge in [-0.2, -0.15) is 0 Å². The highest BCUT2D eigenvalue weighted by molar-refractivity contribution is 5.91. The average Bonchev–Trinajstić information content (AvgIpc) is 3.56. The number of amides is 2. The Kier molecular flexibility index (Phi) is 13.4. The molecular weight excluding hydrogens is 646 g/mol. The number of aromatic nitrogens is 1. The Bertz CT molecular complexity index is 1860. The number of fused-ring (bicyclic) bond motifs is 1. The molecule has 266 valence electrons. The summed E-state index contributed by atoms with van der Waals surface area (Å²) in [6, 6.07) is 31.4. The average molecular weight is 692 g/mol. The molecule has 0 bridgehead atoms. The van der Waals surface area contributed by atoms with Crippen LogP contribution in [0.3, 0.4) is 0 Å². The van der Waals surface area contributed by atoms with Crippen LogP contribution in [0.2, 0.25) is 0 Å². The van der Waals surface area contributed by atoms with E-state index < -0.39 is 30.1 Å². The Morgan fingerprint density at radius 3 is 2.22 bits per heavy atom. The van der Waals surface area contributed by atoms with Crippen LogP contribution in [0.25, 0.3) is 10.9 Å². The molecule has 0 fully saturated rings. The molecule has 0 aliphatic rings. The molecule has 1 unspecified atom stereocenters. The zero-order chi connectivity index (χ0) is 36.0. The summed E-state index contributed by atoms with van der Waals surface area (Å²) in [6.45, 7) is 0.596. The number of carboxylic acids is 1. The quantitative estimate of drug-likeness (QED) is 0.0679. The van der Waals surface area contributed by atoms with Crippen molar-refractivity contribution in [3.63, 3.8) is 0 Å². The molecule has 10 heteroatoms. The van der Waals surface area contributed by atoms with Crippen LogP contribution in [0.5, 0.6) is 5.75 Å². The van der Waals surface area contributed by atoms with E-state index in [1.807, 2.05) is 97.2 Å². The largest absolute Gasteiger partial charge is 0.497 e. The van der Waals surface area contributed by atoms with Gasteiger partial charge in [0.15, 0.2) is 6.29 Å². The molecule has 5 N–H and O–H groups in total. The van der Waals surface area contributed by atoms with Gasteiger partial charge in [0.25, 0.3) is 0 Å². The fourth-order valence-electron chi connectivity index (χ4n) is 6.05. The van der Waals surface area contributed by atoms with Crippen molar-refractivity contribution in [2.45, 2.75) is 57.5 Å². The van der Waals surface area contributed by atoms with Crippen molar-refractivity contribution in [3.05, 3.63) is 137 Å². The van der Waals surface area contributed by atoms with Gasteiger partial charge < -0.3 is 35.3 Å². The number of aromatic amines is 1. The molecule has 3 atom stereocenters. The minimum atomic E-state index is -1.07. The van der Waals surface area contributed by atoms with Crippen molar-refractivity contribution in [2.75, 3.05) is 13.7 Å². The molecule has 51 heavy (non-hydrogen) atoms. The zero-order valence-corrected chi connectivity index (χ0v) is 28.7. The molecule has 2 amide bonds. The van der Waals surface area contributed by atoms with Gasteiger partial charge in [-0.05, 0) is 66.1 Å². The van der Waals surface area contributed by atoms with E-state index in [2.05, 4.69) is 15.6 Å². The van der Waals surface area contributed by atoms with E-state index in [4.69, 9.17) is 9.47 Å². The van der Waals surface area contributed by atoms with Gasteiger partial charge in [0, 0.05) is 41.5 Å². The highest BCUT2D eigenvalue weighted by Gasteiger charge is 2.28. The van der Waals surface area contributed by atoms with Crippen molar-refractivity contribution in [3.8, 4) is 5.75 Å². The number of aryl methyl sites for hydroxylation is 1. The lowest BCUT2D eigenvalue weighted by Crippen LogP contribution is -2.50. The summed E-state index contributed by atoms with van der Waals surface area (Å²) < 4.78 is 10.8. The van der Waals surface area contributed by atoms with E-state index in [9.17, 15) is 24.6 Å². The van der Waals surface area contributed by atoms with Gasteiger partial charge in [0.2, 0.25) is 11.8 Å². The summed E-state index contributed by atoms with van der Waals surface area (Å²) in [7, 11) is 1.60. The van der Waals surface area contributed by atoms with Crippen molar-refractivity contribution >= 4 is 28.7 Å². The number of nitrogens with one attached hydrogen (secondary N) is 3. The first-order valence-electron chi connectivity index (χ1n) is 17.2. The monoisotopic (exact) mass is 691 g/mol. The van der Waals surface area contributed by atoms with Crippen LogP contribution in [-0.4, -0.2) is 52.7 Å². The first-order chi connectivity index (χ1) is 24.8. The predicted octanol–water partition coefficient (Wildman–Crippen LogP) is 5.88. The van der Waals surface area contributed by atoms with Gasteiger partial charge >= 0.3 is 5.97 Å². The molecule has 0 aliphatic carbocycles. The normalized spacial score (nSPS) is 12.9. The van der Waals surface area contributed by atoms with Gasteiger partial charge in [-0.25, -0.2) is 0 Å².